The van der Waals surface area contributed by atoms with Gasteiger partial charge in [0.1, 0.15) is 5.60 Å². The normalized spacial score (nSPS) is 25.6. The quantitative estimate of drug-likeness (QED) is 0.702. The van der Waals surface area contributed by atoms with Crippen LogP contribution in [0.5, 0.6) is 0 Å². The lowest BCUT2D eigenvalue weighted by molar-refractivity contribution is -0.00908. The summed E-state index contributed by atoms with van der Waals surface area (Å²) in [7, 11) is 0. The highest BCUT2D eigenvalue weighted by Gasteiger charge is 2.30. The molecule has 4 fully saturated rings. The number of ether oxygens (including phenoxy) is 3. The third-order valence-electron chi connectivity index (χ3n) is 6.55. The Morgan fingerprint density at radius 3 is 1.68 bits per heavy atom. The van der Waals surface area contributed by atoms with Gasteiger partial charge in [-0.25, -0.2) is 4.79 Å². The fourth-order valence-electron chi connectivity index (χ4n) is 4.80. The number of nitrogens with one attached hydrogen (secondary N) is 1. The first kappa shape index (κ1) is 24.7. The van der Waals surface area contributed by atoms with Crippen LogP contribution in [0.1, 0.15) is 46.5 Å². The van der Waals surface area contributed by atoms with Crippen LogP contribution in [0.15, 0.2) is 0 Å². The molecule has 0 aromatic carbocycles. The van der Waals surface area contributed by atoms with Crippen molar-refractivity contribution in [2.75, 3.05) is 78.8 Å². The van der Waals surface area contributed by atoms with E-state index in [9.17, 15) is 4.79 Å². The minimum Gasteiger partial charge on any atom is -0.444 e. The second-order valence-electron chi connectivity index (χ2n) is 9.98. The maximum atomic E-state index is 12.0. The monoisotopic (exact) mass is 440 g/mol. The molecule has 4 aliphatic rings. The molecular formula is C23H44N4O4. The zero-order valence-electron chi connectivity index (χ0n) is 19.9. The van der Waals surface area contributed by atoms with Crippen LogP contribution in [0.3, 0.4) is 0 Å². The first-order chi connectivity index (χ1) is 14.9. The number of piperidine rings is 2. The molecule has 0 spiro atoms. The molecule has 31 heavy (non-hydrogen) atoms. The second-order valence-corrected chi connectivity index (χ2v) is 9.98. The summed E-state index contributed by atoms with van der Waals surface area (Å²) < 4.78 is 16.1. The average Bonchev–Trinajstić information content (AvgIpc) is 2.80. The van der Waals surface area contributed by atoms with Crippen molar-refractivity contribution in [3.8, 4) is 0 Å². The van der Waals surface area contributed by atoms with Crippen LogP contribution in [0.4, 0.5) is 4.79 Å². The van der Waals surface area contributed by atoms with Crippen molar-refractivity contribution in [3.05, 3.63) is 0 Å². The number of carbonyl (C=O) groups excluding carboxylic acids is 1. The van der Waals surface area contributed by atoms with Gasteiger partial charge < -0.3 is 24.4 Å². The minimum atomic E-state index is -0.405. The van der Waals surface area contributed by atoms with Gasteiger partial charge in [-0.1, -0.05) is 0 Å². The van der Waals surface area contributed by atoms with Gasteiger partial charge in [-0.05, 0) is 59.5 Å². The summed E-state index contributed by atoms with van der Waals surface area (Å²) in [6, 6.07) is 1.43. The van der Waals surface area contributed by atoms with E-state index in [-0.39, 0.29) is 6.09 Å². The molecule has 8 nitrogen and oxygen atoms in total. The Morgan fingerprint density at radius 1 is 0.774 bits per heavy atom. The molecule has 4 saturated heterocycles. The summed E-state index contributed by atoms with van der Waals surface area (Å²) in [5, 5.41) is 3.40. The van der Waals surface area contributed by atoms with Gasteiger partial charge in [0.05, 0.1) is 26.4 Å². The van der Waals surface area contributed by atoms with Crippen LogP contribution in [-0.4, -0.2) is 117 Å². The molecule has 1 amide bonds. The highest BCUT2D eigenvalue weighted by Crippen LogP contribution is 2.20. The number of nitrogens with zero attached hydrogens (tertiary/aromatic N) is 3. The molecule has 0 atom stereocenters. The van der Waals surface area contributed by atoms with E-state index < -0.39 is 5.60 Å². The zero-order valence-corrected chi connectivity index (χ0v) is 19.9. The van der Waals surface area contributed by atoms with Crippen molar-refractivity contribution in [3.63, 3.8) is 0 Å². The number of carbonyl (C=O) groups is 1. The van der Waals surface area contributed by atoms with Gasteiger partial charge in [-0.3, -0.25) is 9.80 Å². The van der Waals surface area contributed by atoms with E-state index in [0.717, 1.165) is 84.6 Å². The summed E-state index contributed by atoms with van der Waals surface area (Å²) >= 11 is 0. The summed E-state index contributed by atoms with van der Waals surface area (Å²) in [5.74, 6) is 0. The second kappa shape index (κ2) is 12.3. The molecule has 4 aliphatic heterocycles. The van der Waals surface area contributed by atoms with E-state index in [1.54, 1.807) is 0 Å². The Balaban J connectivity index is 0.000000194. The predicted octanol–water partition coefficient (Wildman–Crippen LogP) is 1.79. The van der Waals surface area contributed by atoms with Crippen molar-refractivity contribution in [2.24, 2.45) is 0 Å². The van der Waals surface area contributed by atoms with Crippen molar-refractivity contribution in [1.82, 2.24) is 20.0 Å². The van der Waals surface area contributed by atoms with Crippen LogP contribution in [-0.2, 0) is 14.2 Å². The molecule has 8 heteroatoms. The van der Waals surface area contributed by atoms with Gasteiger partial charge in [0.15, 0.2) is 0 Å². The summed E-state index contributed by atoms with van der Waals surface area (Å²) in [4.78, 5) is 18.9. The predicted molar refractivity (Wildman–Crippen MR) is 122 cm³/mol. The molecule has 1 N–H and O–H groups in total. The molecule has 0 radical (unpaired) electrons. The number of amides is 1. The van der Waals surface area contributed by atoms with Crippen LogP contribution >= 0.6 is 0 Å². The number of hydrogen-bond donors (Lipinski definition) is 1. The molecule has 4 rings (SSSR count). The van der Waals surface area contributed by atoms with Crippen molar-refractivity contribution in [2.45, 2.75) is 64.1 Å². The van der Waals surface area contributed by atoms with Crippen LogP contribution in [0, 0.1) is 0 Å². The van der Waals surface area contributed by atoms with Gasteiger partial charge in [-0.2, -0.15) is 0 Å². The van der Waals surface area contributed by atoms with Gasteiger partial charge in [0, 0.05) is 51.4 Å². The molecule has 4 heterocycles. The number of rotatable bonds is 2. The number of morpholine rings is 2. The highest BCUT2D eigenvalue weighted by atomic mass is 16.6. The molecular weight excluding hydrogens is 396 g/mol. The Kier molecular flexibility index (Phi) is 9.84. The van der Waals surface area contributed by atoms with Crippen molar-refractivity contribution in [1.29, 1.82) is 0 Å². The molecule has 0 aromatic rings. The number of likely N-dealkylation sites (tertiary alicyclic amines) is 1. The third kappa shape index (κ3) is 8.50. The third-order valence-corrected chi connectivity index (χ3v) is 6.55. The fraction of sp³-hybridized carbons (Fsp3) is 0.957. The summed E-state index contributed by atoms with van der Waals surface area (Å²) in [6.45, 7) is 17.6. The van der Waals surface area contributed by atoms with Gasteiger partial charge >= 0.3 is 6.09 Å². The largest absolute Gasteiger partial charge is 0.444 e. The molecule has 0 bridgehead atoms. The lowest BCUT2D eigenvalue weighted by atomic mass is 10.0. The molecule has 0 aromatic heterocycles. The molecule has 0 aliphatic carbocycles. The lowest BCUT2D eigenvalue weighted by Crippen LogP contribution is -2.50. The molecule has 180 valence electrons. The van der Waals surface area contributed by atoms with Crippen LogP contribution < -0.4 is 5.32 Å². The average molecular weight is 441 g/mol. The standard InChI is InChI=1S/C14H26N2O3.C9H18N2O/c1-14(2,3)19-13(17)16-6-4-12(5-7-16)15-8-10-18-11-9-15;1-3-10-4-2-9(1)11-5-7-12-8-6-11/h12H,4-11H2,1-3H3;9-10H,1-8H2. The van der Waals surface area contributed by atoms with Gasteiger partial charge in [0.25, 0.3) is 0 Å². The molecule has 0 unspecified atom stereocenters. The molecule has 0 saturated carbocycles. The first-order valence-corrected chi connectivity index (χ1v) is 12.2. The first-order valence-electron chi connectivity index (χ1n) is 12.2. The summed E-state index contributed by atoms with van der Waals surface area (Å²) in [5.41, 5.74) is -0.405. The fourth-order valence-corrected chi connectivity index (χ4v) is 4.80. The van der Waals surface area contributed by atoms with E-state index in [0.29, 0.717) is 6.04 Å². The van der Waals surface area contributed by atoms with E-state index in [1.807, 2.05) is 25.7 Å². The SMILES string of the molecule is C1CC(N2CCOCC2)CCN1.CC(C)(C)OC(=O)N1CCC(N2CCOCC2)CC1. The van der Waals surface area contributed by atoms with Gasteiger partial charge in [-0.15, -0.1) is 0 Å². The van der Waals surface area contributed by atoms with E-state index in [2.05, 4.69) is 15.1 Å². The smallest absolute Gasteiger partial charge is 0.410 e. The summed E-state index contributed by atoms with van der Waals surface area (Å²) in [6.07, 6.45) is 4.55. The Hall–Kier alpha value is -0.930. The number of hydrogen-bond acceptors (Lipinski definition) is 7. The van der Waals surface area contributed by atoms with Crippen LogP contribution in [0.2, 0.25) is 0 Å². The zero-order chi connectivity index (χ0) is 22.1. The topological polar surface area (TPSA) is 66.5 Å². The Morgan fingerprint density at radius 2 is 1.23 bits per heavy atom. The van der Waals surface area contributed by atoms with E-state index >= 15 is 0 Å². The Bertz CT molecular complexity index is 500. The minimum absolute atomic E-state index is 0.173. The van der Waals surface area contributed by atoms with Crippen molar-refractivity contribution < 1.29 is 19.0 Å². The highest BCUT2D eigenvalue weighted by molar-refractivity contribution is 5.68. The maximum Gasteiger partial charge on any atom is 0.410 e. The van der Waals surface area contributed by atoms with E-state index in [1.165, 1.54) is 25.9 Å². The Labute approximate surface area is 188 Å². The van der Waals surface area contributed by atoms with Crippen molar-refractivity contribution >= 4 is 6.09 Å². The maximum absolute atomic E-state index is 12.0. The lowest BCUT2D eigenvalue weighted by Gasteiger charge is -2.40. The van der Waals surface area contributed by atoms with E-state index in [4.69, 9.17) is 14.2 Å². The van der Waals surface area contributed by atoms with Crippen LogP contribution in [0.25, 0.3) is 0 Å². The van der Waals surface area contributed by atoms with Gasteiger partial charge in [0.2, 0.25) is 0 Å².